The molecule has 41 heavy (non-hydrogen) atoms. The van der Waals surface area contributed by atoms with Crippen LogP contribution in [0.3, 0.4) is 0 Å². The predicted octanol–water partition coefficient (Wildman–Crippen LogP) is 5.83. The number of nitrogens with two attached hydrogens (primary N) is 1. The Morgan fingerprint density at radius 3 is 2.61 bits per heavy atom. The van der Waals surface area contributed by atoms with Gasteiger partial charge in [0.25, 0.3) is 0 Å². The summed E-state index contributed by atoms with van der Waals surface area (Å²) in [6, 6.07) is 9.44. The highest BCUT2D eigenvalue weighted by Crippen LogP contribution is 2.39. The summed E-state index contributed by atoms with van der Waals surface area (Å²) in [4.78, 5) is 15.8. The molecule has 1 fully saturated rings. The minimum atomic E-state index is -2.32. The van der Waals surface area contributed by atoms with Gasteiger partial charge >= 0.3 is 5.97 Å². The van der Waals surface area contributed by atoms with E-state index < -0.39 is 22.8 Å². The van der Waals surface area contributed by atoms with Gasteiger partial charge in [-0.15, -0.1) is 16.5 Å². The zero-order valence-electron chi connectivity index (χ0n) is 21.9. The van der Waals surface area contributed by atoms with Crippen LogP contribution in [0.25, 0.3) is 22.0 Å². The number of carbonyl (C=O) groups is 1. The number of hydrogen-bond donors (Lipinski definition) is 2. The van der Waals surface area contributed by atoms with Crippen LogP contribution in [-0.2, 0) is 28.0 Å². The second-order valence-corrected chi connectivity index (χ2v) is 12.2. The van der Waals surface area contributed by atoms with Crippen LogP contribution in [0.4, 0.5) is 8.78 Å². The Morgan fingerprint density at radius 2 is 1.98 bits per heavy atom. The first-order chi connectivity index (χ1) is 19.3. The Bertz CT molecular complexity index is 1690. The lowest BCUT2D eigenvalue weighted by atomic mass is 9.94. The lowest BCUT2D eigenvalue weighted by Crippen LogP contribution is -2.07. The number of benzene rings is 2. The lowest BCUT2D eigenvalue weighted by molar-refractivity contribution is 0.0691. The molecule has 0 amide bonds. The first-order valence-electron chi connectivity index (χ1n) is 13.1. The Kier molecular flexibility index (Phi) is 8.28. The van der Waals surface area contributed by atoms with Crippen molar-refractivity contribution >= 4 is 33.9 Å². The third-order valence-corrected chi connectivity index (χ3v) is 9.07. The molecular weight excluding hydrogens is 570 g/mol. The SMILES string of the molecule is N[SH+](=O)c1ccc(Cc2c(-c3ccc(F)c(C4=CCCC4)c3)nn(-c3nc(C(=O)O)cs3)c2CC2CC2)cc1F.[OH-]. The minimum absolute atomic E-state index is 0. The molecule has 8 nitrogen and oxygen atoms in total. The molecule has 0 bridgehead atoms. The van der Waals surface area contributed by atoms with E-state index in [4.69, 9.17) is 10.2 Å². The van der Waals surface area contributed by atoms with Crippen molar-refractivity contribution in [2.24, 2.45) is 11.1 Å². The fourth-order valence-corrected chi connectivity index (χ4v) is 6.47. The highest BCUT2D eigenvalue weighted by Gasteiger charge is 2.30. The number of allylic oxidation sites excluding steroid dienone is 2. The van der Waals surface area contributed by atoms with E-state index in [1.54, 1.807) is 16.8 Å². The number of nitrogens with zero attached hydrogens (tertiary/aromatic N) is 3. The van der Waals surface area contributed by atoms with Crippen LogP contribution in [-0.4, -0.2) is 31.3 Å². The number of carboxylic acid groups (broad SMARTS) is 1. The molecule has 2 aromatic heterocycles. The average Bonchev–Trinajstić information content (AvgIpc) is 3.29. The van der Waals surface area contributed by atoms with Crippen LogP contribution in [0, 0.1) is 17.6 Å². The molecule has 1 atom stereocenters. The zero-order chi connectivity index (χ0) is 28.0. The summed E-state index contributed by atoms with van der Waals surface area (Å²) < 4.78 is 43.1. The van der Waals surface area contributed by atoms with Crippen molar-refractivity contribution in [2.45, 2.75) is 49.8 Å². The summed E-state index contributed by atoms with van der Waals surface area (Å²) in [6.07, 6.45) is 7.91. The van der Waals surface area contributed by atoms with Crippen LogP contribution >= 0.6 is 11.3 Å². The van der Waals surface area contributed by atoms with Crippen LogP contribution in [0.5, 0.6) is 0 Å². The van der Waals surface area contributed by atoms with Crippen LogP contribution in [0.1, 0.15) is 65.0 Å². The van der Waals surface area contributed by atoms with Gasteiger partial charge in [-0.3, -0.25) is 0 Å². The molecule has 4 aromatic rings. The molecule has 214 valence electrons. The van der Waals surface area contributed by atoms with Crippen molar-refractivity contribution < 1.29 is 28.4 Å². The fraction of sp³-hybridized carbons (Fsp3) is 0.276. The summed E-state index contributed by atoms with van der Waals surface area (Å²) in [6.45, 7) is 0. The highest BCUT2D eigenvalue weighted by molar-refractivity contribution is 7.82. The summed E-state index contributed by atoms with van der Waals surface area (Å²) in [5.74, 6) is -1.60. The van der Waals surface area contributed by atoms with Crippen LogP contribution < -0.4 is 5.14 Å². The molecule has 4 N–H and O–H groups in total. The number of rotatable bonds is 9. The molecule has 1 saturated carbocycles. The predicted molar refractivity (Wildman–Crippen MR) is 153 cm³/mol. The van der Waals surface area contributed by atoms with Crippen LogP contribution in [0.2, 0.25) is 0 Å². The topological polar surface area (TPSA) is 141 Å². The van der Waals surface area contributed by atoms with E-state index in [0.717, 1.165) is 48.9 Å². The molecule has 2 aliphatic rings. The normalized spacial score (nSPS) is 15.4. The standard InChI is InChI=1S/C29H26F2N4O3S2.H2O/c30-22-9-8-19(14-20(22)18-3-1-2-4-18)27-21(11-17-7-10-26(40(32)38)23(31)12-17)25(13-16-5-6-16)35(34-27)29-33-24(15-39-29)28(36)37;/h3,7-10,12,14-16H,1-2,4-6,11,13H2,(H2,32,38)(H,36,37);1H2. The van der Waals surface area contributed by atoms with Crippen LogP contribution in [0.15, 0.2) is 52.7 Å². The summed E-state index contributed by atoms with van der Waals surface area (Å²) >= 11 is 1.18. The molecule has 0 saturated heterocycles. The van der Waals surface area contributed by atoms with Gasteiger partial charge < -0.3 is 10.6 Å². The minimum Gasteiger partial charge on any atom is -0.870 e. The van der Waals surface area contributed by atoms with Gasteiger partial charge in [0.15, 0.2) is 22.5 Å². The van der Waals surface area contributed by atoms with Gasteiger partial charge in [-0.2, -0.15) is 5.10 Å². The molecule has 2 heterocycles. The van der Waals surface area contributed by atoms with Gasteiger partial charge in [0.1, 0.15) is 5.82 Å². The number of carboxylic acids is 1. The Labute approximate surface area is 241 Å². The van der Waals surface area contributed by atoms with E-state index in [0.29, 0.717) is 46.3 Å². The molecular formula is C29H28F2N4O4S2. The summed E-state index contributed by atoms with van der Waals surface area (Å²) in [7, 11) is -2.32. The average molecular weight is 599 g/mol. The second kappa shape index (κ2) is 11.7. The van der Waals surface area contributed by atoms with Crippen molar-refractivity contribution in [2.75, 3.05) is 0 Å². The molecule has 0 aliphatic heterocycles. The number of halogens is 2. The monoisotopic (exact) mass is 598 g/mol. The van der Waals surface area contributed by atoms with Gasteiger partial charge in [0, 0.05) is 28.5 Å². The lowest BCUT2D eigenvalue weighted by Gasteiger charge is -2.10. The van der Waals surface area contributed by atoms with E-state index in [9.17, 15) is 22.9 Å². The van der Waals surface area contributed by atoms with Crippen molar-refractivity contribution in [1.29, 1.82) is 0 Å². The first-order valence-corrected chi connectivity index (χ1v) is 15.3. The van der Waals surface area contributed by atoms with Crippen molar-refractivity contribution in [1.82, 2.24) is 14.8 Å². The molecule has 1 unspecified atom stereocenters. The smallest absolute Gasteiger partial charge is 0.355 e. The van der Waals surface area contributed by atoms with Gasteiger partial charge in [0.2, 0.25) is 10.0 Å². The quantitative estimate of drug-likeness (QED) is 0.183. The highest BCUT2D eigenvalue weighted by atomic mass is 32.2. The van der Waals surface area contributed by atoms with Crippen molar-refractivity contribution in [3.63, 3.8) is 0 Å². The molecule has 2 aromatic carbocycles. The maximum atomic E-state index is 14.9. The van der Waals surface area contributed by atoms with Crippen molar-refractivity contribution in [3.8, 4) is 16.4 Å². The Hall–Kier alpha value is -3.58. The number of thiol groups is 1. The molecule has 0 radical (unpaired) electrons. The maximum absolute atomic E-state index is 14.9. The summed E-state index contributed by atoms with van der Waals surface area (Å²) in [5, 5.41) is 21.7. The van der Waals surface area contributed by atoms with E-state index in [-0.39, 0.29) is 21.9 Å². The number of hydrogen-bond acceptors (Lipinski definition) is 6. The maximum Gasteiger partial charge on any atom is 0.355 e. The van der Waals surface area contributed by atoms with E-state index in [1.807, 2.05) is 6.07 Å². The van der Waals surface area contributed by atoms with Gasteiger partial charge in [-0.1, -0.05) is 16.4 Å². The third-order valence-electron chi connectivity index (χ3n) is 7.42. The van der Waals surface area contributed by atoms with E-state index in [1.165, 1.54) is 34.9 Å². The van der Waals surface area contributed by atoms with E-state index >= 15 is 0 Å². The largest absolute Gasteiger partial charge is 0.870 e. The Morgan fingerprint density at radius 1 is 1.17 bits per heavy atom. The molecule has 12 heteroatoms. The van der Waals surface area contributed by atoms with Gasteiger partial charge in [-0.05, 0) is 85.9 Å². The third kappa shape index (κ3) is 5.91. The molecule has 6 rings (SSSR count). The van der Waals surface area contributed by atoms with Crippen molar-refractivity contribution in [3.05, 3.63) is 87.6 Å². The first kappa shape index (κ1) is 28.9. The zero-order valence-corrected chi connectivity index (χ0v) is 23.6. The molecule has 2 aliphatic carbocycles. The summed E-state index contributed by atoms with van der Waals surface area (Å²) in [5.41, 5.74) is 5.11. The number of thiazole rings is 1. The van der Waals surface area contributed by atoms with E-state index in [2.05, 4.69) is 11.1 Å². The number of aromatic carboxylic acids is 1. The Balaban J connectivity index is 0.00000337. The van der Waals surface area contributed by atoms with Gasteiger partial charge in [-0.25, -0.2) is 23.2 Å². The second-order valence-electron chi connectivity index (χ2n) is 10.3. The number of aromatic nitrogens is 3. The fourth-order valence-electron chi connectivity index (χ4n) is 5.20. The van der Waals surface area contributed by atoms with Gasteiger partial charge in [0.05, 0.1) is 11.4 Å². The molecule has 0 spiro atoms.